The molecule has 4 rings (SSSR count). The Morgan fingerprint density at radius 1 is 1.03 bits per heavy atom. The quantitative estimate of drug-likeness (QED) is 0.745. The third-order valence-corrected chi connectivity index (χ3v) is 5.45. The van der Waals surface area contributed by atoms with Crippen LogP contribution in [-0.4, -0.2) is 23.5 Å². The second-order valence-corrected chi connectivity index (χ2v) is 7.58. The Morgan fingerprint density at radius 3 is 2.55 bits per heavy atom. The Balaban J connectivity index is 1.57. The molecule has 5 N–H and O–H groups in total. The van der Waals surface area contributed by atoms with Crippen molar-refractivity contribution in [1.29, 1.82) is 0 Å². The smallest absolute Gasteiger partial charge is 0.228 e. The first-order valence-electron chi connectivity index (χ1n) is 9.99. The third-order valence-electron chi connectivity index (χ3n) is 5.45. The summed E-state index contributed by atoms with van der Waals surface area (Å²) >= 11 is 0. The minimum absolute atomic E-state index is 0.0664. The van der Waals surface area contributed by atoms with E-state index in [2.05, 4.69) is 10.3 Å². The summed E-state index contributed by atoms with van der Waals surface area (Å²) in [5, 5.41) is 2.98. The van der Waals surface area contributed by atoms with Crippen molar-refractivity contribution in [2.75, 3.05) is 10.2 Å². The molecule has 0 atom stereocenters. The number of hydrogen-bond donors (Lipinski definition) is 3. The number of aliphatic imine (C=N–C) groups is 2. The number of amides is 1. The number of nitrogens with one attached hydrogen (secondary N) is 1. The summed E-state index contributed by atoms with van der Waals surface area (Å²) in [7, 11) is 0. The minimum Gasteiger partial charge on any atom is -0.369 e. The fourth-order valence-corrected chi connectivity index (χ4v) is 4.20. The molecular weight excluding hydrogens is 364 g/mol. The number of benzene rings is 2. The van der Waals surface area contributed by atoms with Gasteiger partial charge in [-0.3, -0.25) is 9.69 Å². The van der Waals surface area contributed by atoms with Crippen molar-refractivity contribution >= 4 is 29.2 Å². The highest BCUT2D eigenvalue weighted by Gasteiger charge is 2.42. The highest BCUT2D eigenvalue weighted by Crippen LogP contribution is 2.39. The SMILES string of the molecule is NC1=NC2(CCCCC2)N(c2cccc(NC(=O)Cc3ccccc3)c2)C(N)=N1. The number of nitrogens with two attached hydrogens (primary N) is 2. The van der Waals surface area contributed by atoms with E-state index in [4.69, 9.17) is 16.5 Å². The Hall–Kier alpha value is -3.35. The van der Waals surface area contributed by atoms with E-state index in [-0.39, 0.29) is 11.9 Å². The summed E-state index contributed by atoms with van der Waals surface area (Å²) in [5.74, 6) is 0.503. The van der Waals surface area contributed by atoms with Gasteiger partial charge in [0.2, 0.25) is 17.8 Å². The van der Waals surface area contributed by atoms with E-state index in [1.807, 2.05) is 59.5 Å². The molecule has 7 nitrogen and oxygen atoms in total. The first kappa shape index (κ1) is 19.0. The molecule has 0 unspecified atom stereocenters. The zero-order chi connectivity index (χ0) is 20.3. The summed E-state index contributed by atoms with van der Waals surface area (Å²) in [4.78, 5) is 23.3. The van der Waals surface area contributed by atoms with E-state index < -0.39 is 5.66 Å². The van der Waals surface area contributed by atoms with Crippen LogP contribution in [-0.2, 0) is 11.2 Å². The lowest BCUT2D eigenvalue weighted by Gasteiger charge is -2.45. The van der Waals surface area contributed by atoms with Gasteiger partial charge in [-0.25, -0.2) is 4.99 Å². The van der Waals surface area contributed by atoms with E-state index in [1.54, 1.807) is 0 Å². The number of hydrogen-bond acceptors (Lipinski definition) is 6. The van der Waals surface area contributed by atoms with Crippen LogP contribution in [0.25, 0.3) is 0 Å². The lowest BCUT2D eigenvalue weighted by Crippen LogP contribution is -2.58. The van der Waals surface area contributed by atoms with Crippen molar-refractivity contribution in [3.8, 4) is 0 Å². The van der Waals surface area contributed by atoms with Crippen molar-refractivity contribution < 1.29 is 4.79 Å². The van der Waals surface area contributed by atoms with E-state index in [1.165, 1.54) is 6.42 Å². The summed E-state index contributed by atoms with van der Waals surface area (Å²) in [6, 6.07) is 17.3. The van der Waals surface area contributed by atoms with Crippen LogP contribution in [0.1, 0.15) is 37.7 Å². The standard InChI is InChI=1S/C22H26N6O/c23-20-26-21(24)28(22(27-20)12-5-2-6-13-22)18-11-7-10-17(15-18)25-19(29)14-16-8-3-1-4-9-16/h1,3-4,7-11,15H,2,5-6,12-14H2,(H,25,29)(H4,23,24,26,27). The van der Waals surface area contributed by atoms with E-state index in [0.717, 1.165) is 36.9 Å². The van der Waals surface area contributed by atoms with Crippen LogP contribution in [0.2, 0.25) is 0 Å². The average Bonchev–Trinajstić information content (AvgIpc) is 2.69. The summed E-state index contributed by atoms with van der Waals surface area (Å²) < 4.78 is 0. The van der Waals surface area contributed by atoms with Crippen molar-refractivity contribution in [1.82, 2.24) is 0 Å². The van der Waals surface area contributed by atoms with Crippen LogP contribution >= 0.6 is 0 Å². The molecule has 1 amide bonds. The molecule has 1 aliphatic carbocycles. The molecule has 1 saturated carbocycles. The number of carbonyl (C=O) groups is 1. The van der Waals surface area contributed by atoms with Crippen LogP contribution in [0.15, 0.2) is 64.6 Å². The second-order valence-electron chi connectivity index (χ2n) is 7.58. The van der Waals surface area contributed by atoms with Gasteiger partial charge in [-0.1, -0.05) is 42.8 Å². The van der Waals surface area contributed by atoms with E-state index >= 15 is 0 Å². The van der Waals surface area contributed by atoms with Crippen molar-refractivity contribution in [2.24, 2.45) is 21.5 Å². The number of anilines is 2. The van der Waals surface area contributed by atoms with Crippen LogP contribution in [0.3, 0.4) is 0 Å². The second kappa shape index (κ2) is 7.95. The van der Waals surface area contributed by atoms with E-state index in [9.17, 15) is 4.79 Å². The van der Waals surface area contributed by atoms with Gasteiger partial charge < -0.3 is 16.8 Å². The Morgan fingerprint density at radius 2 is 1.79 bits per heavy atom. The molecule has 1 fully saturated rings. The molecule has 0 bridgehead atoms. The number of guanidine groups is 2. The molecule has 1 spiro atoms. The topological polar surface area (TPSA) is 109 Å². The molecule has 2 aromatic carbocycles. The fourth-order valence-electron chi connectivity index (χ4n) is 4.20. The third kappa shape index (κ3) is 4.08. The zero-order valence-electron chi connectivity index (χ0n) is 16.3. The molecule has 29 heavy (non-hydrogen) atoms. The first-order valence-corrected chi connectivity index (χ1v) is 9.99. The lowest BCUT2D eigenvalue weighted by atomic mass is 9.87. The molecule has 2 aromatic rings. The van der Waals surface area contributed by atoms with Crippen LogP contribution in [0.4, 0.5) is 11.4 Å². The van der Waals surface area contributed by atoms with Gasteiger partial charge in [0.15, 0.2) is 0 Å². The molecule has 7 heteroatoms. The van der Waals surface area contributed by atoms with Crippen LogP contribution in [0, 0.1) is 0 Å². The van der Waals surface area contributed by atoms with Gasteiger partial charge in [0.05, 0.1) is 6.42 Å². The number of carbonyl (C=O) groups excluding carboxylic acids is 1. The average molecular weight is 390 g/mol. The van der Waals surface area contributed by atoms with Gasteiger partial charge in [0.25, 0.3) is 0 Å². The van der Waals surface area contributed by atoms with Crippen molar-refractivity contribution in [3.63, 3.8) is 0 Å². The lowest BCUT2D eigenvalue weighted by molar-refractivity contribution is -0.115. The summed E-state index contributed by atoms with van der Waals surface area (Å²) in [6.45, 7) is 0. The van der Waals surface area contributed by atoms with Gasteiger partial charge in [0.1, 0.15) is 5.66 Å². The van der Waals surface area contributed by atoms with Crippen molar-refractivity contribution in [2.45, 2.75) is 44.2 Å². The zero-order valence-corrected chi connectivity index (χ0v) is 16.3. The van der Waals surface area contributed by atoms with E-state index in [0.29, 0.717) is 18.1 Å². The monoisotopic (exact) mass is 390 g/mol. The first-order chi connectivity index (χ1) is 14.1. The maximum absolute atomic E-state index is 12.5. The molecule has 0 aromatic heterocycles. The minimum atomic E-state index is -0.499. The molecular formula is C22H26N6O. The van der Waals surface area contributed by atoms with Gasteiger partial charge in [-0.05, 0) is 49.4 Å². The maximum atomic E-state index is 12.5. The van der Waals surface area contributed by atoms with Gasteiger partial charge in [0, 0.05) is 11.4 Å². The number of rotatable bonds is 4. The largest absolute Gasteiger partial charge is 0.369 e. The molecule has 1 aliphatic heterocycles. The predicted molar refractivity (Wildman–Crippen MR) is 117 cm³/mol. The molecule has 0 radical (unpaired) electrons. The fraction of sp³-hybridized carbons (Fsp3) is 0.318. The predicted octanol–water partition coefficient (Wildman–Crippen LogP) is 2.98. The number of nitrogens with zero attached hydrogens (tertiary/aromatic N) is 3. The molecule has 0 saturated heterocycles. The highest BCUT2D eigenvalue weighted by atomic mass is 16.1. The van der Waals surface area contributed by atoms with Gasteiger partial charge in [-0.2, -0.15) is 4.99 Å². The Bertz CT molecular complexity index is 947. The normalized spacial score (nSPS) is 18.1. The molecule has 150 valence electrons. The van der Waals surface area contributed by atoms with Crippen LogP contribution in [0.5, 0.6) is 0 Å². The molecule has 1 heterocycles. The summed E-state index contributed by atoms with van der Waals surface area (Å²) in [5.41, 5.74) is 14.3. The molecule has 2 aliphatic rings. The Kier molecular flexibility index (Phi) is 5.20. The maximum Gasteiger partial charge on any atom is 0.228 e. The Labute approximate surface area is 170 Å². The van der Waals surface area contributed by atoms with Gasteiger partial charge >= 0.3 is 0 Å². The van der Waals surface area contributed by atoms with Gasteiger partial charge in [-0.15, -0.1) is 0 Å². The van der Waals surface area contributed by atoms with Crippen LogP contribution < -0.4 is 21.7 Å². The highest BCUT2D eigenvalue weighted by molar-refractivity contribution is 6.06. The summed E-state index contributed by atoms with van der Waals surface area (Å²) in [6.07, 6.45) is 5.37. The van der Waals surface area contributed by atoms with Crippen molar-refractivity contribution in [3.05, 3.63) is 60.2 Å².